The van der Waals surface area contributed by atoms with E-state index in [0.717, 1.165) is 48.8 Å². The Kier molecular flexibility index (Phi) is 5.52. The van der Waals surface area contributed by atoms with E-state index in [1.54, 1.807) is 4.68 Å². The van der Waals surface area contributed by atoms with Gasteiger partial charge in [-0.2, -0.15) is 4.68 Å². The van der Waals surface area contributed by atoms with Gasteiger partial charge in [-0.25, -0.2) is 0 Å². The molecule has 0 N–H and O–H groups in total. The highest BCUT2D eigenvalue weighted by Gasteiger charge is 2.76. The number of carbonyl (C=O) groups excluding carboxylic acids is 1. The monoisotopic (exact) mass is 598 g/mol. The Morgan fingerprint density at radius 1 is 0.956 bits per heavy atom. The number of piperidine rings is 1. The first-order valence-corrected chi connectivity index (χ1v) is 16.9. The van der Waals surface area contributed by atoms with Crippen molar-refractivity contribution in [3.05, 3.63) is 95.6 Å². The van der Waals surface area contributed by atoms with Crippen LogP contribution in [0.1, 0.15) is 60.0 Å². The maximum atomic E-state index is 14.0. The van der Waals surface area contributed by atoms with Crippen LogP contribution >= 0.6 is 0 Å². The summed E-state index contributed by atoms with van der Waals surface area (Å²) in [6.45, 7) is 3.31. The summed E-state index contributed by atoms with van der Waals surface area (Å²) in [5.74, 6) is 2.90. The Bertz CT molecular complexity index is 1790. The molecule has 2 saturated heterocycles. The summed E-state index contributed by atoms with van der Waals surface area (Å²) in [6.07, 6.45) is 8.62. The minimum atomic E-state index is 0.0509. The fraction of sp³-hybridized carbons (Fsp3) is 0.459. The highest BCUT2D eigenvalue weighted by molar-refractivity contribution is 5.94. The van der Waals surface area contributed by atoms with Crippen LogP contribution in [0, 0.1) is 23.2 Å². The van der Waals surface area contributed by atoms with E-state index in [1.165, 1.54) is 49.8 Å². The van der Waals surface area contributed by atoms with Crippen molar-refractivity contribution in [3.63, 3.8) is 0 Å². The van der Waals surface area contributed by atoms with E-state index in [0.29, 0.717) is 23.9 Å². The third-order valence-corrected chi connectivity index (χ3v) is 12.7. The topological polar surface area (TPSA) is 76.4 Å². The van der Waals surface area contributed by atoms with Crippen molar-refractivity contribution < 1.29 is 9.53 Å². The van der Waals surface area contributed by atoms with Gasteiger partial charge >= 0.3 is 6.01 Å². The lowest BCUT2D eigenvalue weighted by Gasteiger charge is -2.66. The van der Waals surface area contributed by atoms with Gasteiger partial charge in [0.25, 0.3) is 5.91 Å². The second kappa shape index (κ2) is 9.49. The lowest BCUT2D eigenvalue weighted by atomic mass is 9.43. The predicted molar refractivity (Wildman–Crippen MR) is 168 cm³/mol. The molecule has 2 aliphatic heterocycles. The number of para-hydroxylation sites is 1. The Labute approximate surface area is 263 Å². The van der Waals surface area contributed by atoms with E-state index in [9.17, 15) is 4.79 Å². The van der Waals surface area contributed by atoms with Crippen molar-refractivity contribution >= 4 is 5.91 Å². The highest BCUT2D eigenvalue weighted by Crippen LogP contribution is 2.75. The van der Waals surface area contributed by atoms with Crippen LogP contribution in [0.2, 0.25) is 0 Å². The van der Waals surface area contributed by atoms with Crippen molar-refractivity contribution in [1.29, 1.82) is 0 Å². The summed E-state index contributed by atoms with van der Waals surface area (Å²) in [4.78, 5) is 19.2. The van der Waals surface area contributed by atoms with Crippen molar-refractivity contribution in [2.45, 2.75) is 62.4 Å². The maximum absolute atomic E-state index is 14.0. The van der Waals surface area contributed by atoms with Crippen LogP contribution in [0.25, 0.3) is 5.69 Å². The summed E-state index contributed by atoms with van der Waals surface area (Å²) in [5.41, 5.74) is 4.94. The molecule has 4 aromatic rings. The molecule has 228 valence electrons. The van der Waals surface area contributed by atoms with Gasteiger partial charge in [-0.05, 0) is 133 Å². The van der Waals surface area contributed by atoms with Crippen LogP contribution in [0.4, 0.5) is 0 Å². The molecule has 3 saturated carbocycles. The number of ether oxygens (including phenoxy) is 1. The van der Waals surface area contributed by atoms with Crippen molar-refractivity contribution in [2.75, 3.05) is 19.6 Å². The molecule has 3 aromatic carbocycles. The van der Waals surface area contributed by atoms with Gasteiger partial charge in [-0.15, -0.1) is 0 Å². The minimum Gasteiger partial charge on any atom is -0.423 e. The van der Waals surface area contributed by atoms with Crippen LogP contribution in [0.5, 0.6) is 11.8 Å². The van der Waals surface area contributed by atoms with Crippen molar-refractivity contribution in [1.82, 2.24) is 30.0 Å². The van der Waals surface area contributed by atoms with Gasteiger partial charge in [0.05, 0.1) is 5.69 Å². The number of likely N-dealkylation sites (tertiary alicyclic amines) is 2. The molecule has 0 spiro atoms. The number of aromatic nitrogens is 4. The average Bonchev–Trinajstić information content (AvgIpc) is 3.57. The largest absolute Gasteiger partial charge is 0.423 e. The average molecular weight is 599 g/mol. The van der Waals surface area contributed by atoms with Gasteiger partial charge in [0.1, 0.15) is 5.75 Å². The molecule has 3 heterocycles. The summed E-state index contributed by atoms with van der Waals surface area (Å²) in [6, 6.07) is 27.8. The number of amides is 1. The zero-order valence-electron chi connectivity index (χ0n) is 25.5. The van der Waals surface area contributed by atoms with Crippen LogP contribution < -0.4 is 4.74 Å². The molecule has 4 aliphatic carbocycles. The second-order valence-electron chi connectivity index (χ2n) is 14.6. The van der Waals surface area contributed by atoms with E-state index in [1.807, 2.05) is 60.7 Å². The van der Waals surface area contributed by atoms with Gasteiger partial charge < -0.3 is 9.64 Å². The molecule has 8 nitrogen and oxygen atoms in total. The van der Waals surface area contributed by atoms with Gasteiger partial charge in [-0.1, -0.05) is 47.6 Å². The number of benzene rings is 3. The number of carbonyl (C=O) groups is 1. The third kappa shape index (κ3) is 3.63. The zero-order chi connectivity index (χ0) is 29.8. The van der Waals surface area contributed by atoms with Crippen LogP contribution in [-0.4, -0.2) is 67.6 Å². The fourth-order valence-electron chi connectivity index (χ4n) is 11.1. The normalized spacial score (nSPS) is 32.7. The number of rotatable bonds is 6. The van der Waals surface area contributed by atoms with Gasteiger partial charge in [0.2, 0.25) is 0 Å². The van der Waals surface area contributed by atoms with E-state index in [2.05, 4.69) is 43.5 Å². The molecule has 4 bridgehead atoms. The standard InChI is InChI=1S/C37H38N6O2/c44-34(25-7-3-1-4-8-25)42-23-27-21-36-16-15-31(42)33(27)37(36)17-18-41(22-24-11-12-24)32(36)19-26-13-14-29(20-30(26)37)45-35-38-39-40-43(35)28-9-5-2-6-10-28/h1-10,13-14,20,24,27,31-33H,11-12,15-19,21-23H2/t27-,31-,32-,33-,36-,37+/m1/s1. The maximum Gasteiger partial charge on any atom is 0.345 e. The summed E-state index contributed by atoms with van der Waals surface area (Å²) < 4.78 is 8.15. The third-order valence-electron chi connectivity index (χ3n) is 12.7. The molecule has 5 fully saturated rings. The summed E-state index contributed by atoms with van der Waals surface area (Å²) in [5, 5.41) is 12.4. The van der Waals surface area contributed by atoms with E-state index in [4.69, 9.17) is 4.74 Å². The molecule has 6 aliphatic rings. The SMILES string of the molecule is O=C(c1ccccc1)N1C[C@H]2C[C@@]34CC[C@@H]1[C@@H]2[C@@]31CCN(CC2CC2)[C@@H]4Cc2ccc(Oc3nnnn3-c3ccccc3)cc21. The quantitative estimate of drug-likeness (QED) is 0.285. The van der Waals surface area contributed by atoms with Crippen LogP contribution in [0.15, 0.2) is 78.9 Å². The molecule has 0 radical (unpaired) electrons. The molecule has 1 amide bonds. The fourth-order valence-corrected chi connectivity index (χ4v) is 11.1. The first-order chi connectivity index (χ1) is 22.1. The van der Waals surface area contributed by atoms with Gasteiger partial charge in [-0.3, -0.25) is 9.69 Å². The first kappa shape index (κ1) is 26.2. The van der Waals surface area contributed by atoms with Crippen molar-refractivity contribution in [2.24, 2.45) is 23.2 Å². The van der Waals surface area contributed by atoms with Gasteiger partial charge in [0.15, 0.2) is 0 Å². The molecular formula is C37H38N6O2. The summed E-state index contributed by atoms with van der Waals surface area (Å²) in [7, 11) is 0. The van der Waals surface area contributed by atoms with Gasteiger partial charge in [0, 0.05) is 36.2 Å². The van der Waals surface area contributed by atoms with Crippen molar-refractivity contribution in [3.8, 4) is 17.4 Å². The lowest BCUT2D eigenvalue weighted by Crippen LogP contribution is -2.69. The Morgan fingerprint density at radius 3 is 2.60 bits per heavy atom. The Hall–Kier alpha value is -4.04. The number of nitrogens with zero attached hydrogens (tertiary/aromatic N) is 6. The molecule has 10 rings (SSSR count). The first-order valence-electron chi connectivity index (χ1n) is 16.9. The molecule has 8 heteroatoms. The van der Waals surface area contributed by atoms with E-state index in [-0.39, 0.29) is 22.8 Å². The number of tetrazole rings is 1. The zero-order valence-corrected chi connectivity index (χ0v) is 25.5. The molecule has 0 unspecified atom stereocenters. The number of hydrogen-bond donors (Lipinski definition) is 0. The van der Waals surface area contributed by atoms with E-state index >= 15 is 0 Å². The molecule has 45 heavy (non-hydrogen) atoms. The smallest absolute Gasteiger partial charge is 0.345 e. The molecule has 1 aromatic heterocycles. The lowest BCUT2D eigenvalue weighted by molar-refractivity contribution is -0.102. The second-order valence-corrected chi connectivity index (χ2v) is 14.6. The summed E-state index contributed by atoms with van der Waals surface area (Å²) >= 11 is 0. The van der Waals surface area contributed by atoms with Crippen LogP contribution in [0.3, 0.4) is 0 Å². The molecule has 6 atom stereocenters. The highest BCUT2D eigenvalue weighted by atomic mass is 16.5. The number of hydrogen-bond acceptors (Lipinski definition) is 6. The van der Waals surface area contributed by atoms with Crippen LogP contribution in [-0.2, 0) is 11.8 Å². The Morgan fingerprint density at radius 2 is 1.78 bits per heavy atom. The Balaban J connectivity index is 1.07. The predicted octanol–water partition coefficient (Wildman–Crippen LogP) is 5.67. The number of fused-ring (bicyclic) bond motifs is 1. The van der Waals surface area contributed by atoms with E-state index < -0.39 is 0 Å². The minimum absolute atomic E-state index is 0.0509. The molecular weight excluding hydrogens is 560 g/mol.